The number of phenols is 1. The number of phenolic OH excluding ortho intramolecular Hbond substituents is 1. The number of amides is 1. The van der Waals surface area contributed by atoms with Gasteiger partial charge in [-0.15, -0.1) is 0 Å². The Morgan fingerprint density at radius 3 is 2.39 bits per heavy atom. The largest absolute Gasteiger partial charge is 0.508 e. The third-order valence-electron chi connectivity index (χ3n) is 5.93. The molecular weight excluding hydrogens is 486 g/mol. The van der Waals surface area contributed by atoms with E-state index < -0.39 is 12.1 Å². The van der Waals surface area contributed by atoms with Gasteiger partial charge in [0.25, 0.3) is 0 Å². The standard InChI is InChI=1S/C20H26N3O2P.C5H9F3.C2H6/c1-3-19(16-4-6-18(25)15(2)12-16)26-20-7-5-17(13-23(20)14-24)22-10-8-21-9-11-22;1-3-4(2)5(6,7)8;1-2/h3-7,12-14,20-21,25-26H,8-11H2,1-2H3;4H,3H2,1-2H3;1-2H3/b19-3-;;. The van der Waals surface area contributed by atoms with Crippen molar-refractivity contribution in [3.05, 3.63) is 59.5 Å². The molecule has 2 aliphatic rings. The van der Waals surface area contributed by atoms with E-state index in [0.717, 1.165) is 49.4 Å². The van der Waals surface area contributed by atoms with Crippen LogP contribution in [0.2, 0.25) is 0 Å². The van der Waals surface area contributed by atoms with E-state index in [0.29, 0.717) is 14.3 Å². The summed E-state index contributed by atoms with van der Waals surface area (Å²) in [4.78, 5) is 15.8. The summed E-state index contributed by atoms with van der Waals surface area (Å²) in [5.41, 5.74) is 3.05. The first-order valence-electron chi connectivity index (χ1n) is 12.5. The van der Waals surface area contributed by atoms with Gasteiger partial charge < -0.3 is 20.2 Å². The maximum atomic E-state index is 11.7. The van der Waals surface area contributed by atoms with Crippen LogP contribution in [0.15, 0.2) is 48.3 Å². The van der Waals surface area contributed by atoms with Crippen molar-refractivity contribution in [2.75, 3.05) is 26.2 Å². The number of halogens is 3. The Hall–Kier alpha value is -2.31. The second-order valence-electron chi connectivity index (χ2n) is 8.35. The first-order valence-corrected chi connectivity index (χ1v) is 13.6. The van der Waals surface area contributed by atoms with E-state index in [4.69, 9.17) is 0 Å². The average Bonchev–Trinajstić information content (AvgIpc) is 2.90. The van der Waals surface area contributed by atoms with Crippen molar-refractivity contribution in [1.29, 1.82) is 0 Å². The molecule has 36 heavy (non-hydrogen) atoms. The molecule has 1 aromatic carbocycles. The molecule has 2 aliphatic heterocycles. The zero-order valence-corrected chi connectivity index (χ0v) is 23.2. The Labute approximate surface area is 215 Å². The van der Waals surface area contributed by atoms with Gasteiger partial charge in [-0.1, -0.05) is 54.5 Å². The first kappa shape index (κ1) is 31.7. The van der Waals surface area contributed by atoms with Crippen molar-refractivity contribution in [2.24, 2.45) is 5.92 Å². The third kappa shape index (κ3) is 9.62. The van der Waals surface area contributed by atoms with Gasteiger partial charge in [0.1, 0.15) is 5.75 Å². The van der Waals surface area contributed by atoms with Gasteiger partial charge in [0.2, 0.25) is 6.41 Å². The van der Waals surface area contributed by atoms with Crippen molar-refractivity contribution >= 4 is 20.3 Å². The number of nitrogens with one attached hydrogen (secondary N) is 1. The van der Waals surface area contributed by atoms with Crippen LogP contribution in [0.4, 0.5) is 13.2 Å². The number of piperazine rings is 1. The van der Waals surface area contributed by atoms with Crippen LogP contribution in [-0.4, -0.2) is 59.5 Å². The third-order valence-corrected chi connectivity index (χ3v) is 7.60. The lowest BCUT2D eigenvalue weighted by atomic mass is 10.1. The predicted molar refractivity (Wildman–Crippen MR) is 145 cm³/mol. The smallest absolute Gasteiger partial charge is 0.391 e. The zero-order chi connectivity index (χ0) is 27.3. The van der Waals surface area contributed by atoms with Gasteiger partial charge in [0.05, 0.1) is 17.4 Å². The molecule has 9 heteroatoms. The minimum atomic E-state index is -3.99. The van der Waals surface area contributed by atoms with Crippen LogP contribution in [0.3, 0.4) is 0 Å². The van der Waals surface area contributed by atoms with E-state index in [2.05, 4.69) is 28.4 Å². The number of hydrogen-bond donors (Lipinski definition) is 2. The fourth-order valence-corrected chi connectivity index (χ4v) is 4.73. The van der Waals surface area contributed by atoms with Crippen molar-refractivity contribution < 1.29 is 23.1 Å². The van der Waals surface area contributed by atoms with Crippen LogP contribution < -0.4 is 5.32 Å². The van der Waals surface area contributed by atoms with Crippen molar-refractivity contribution in [3.8, 4) is 5.75 Å². The molecule has 0 bridgehead atoms. The highest BCUT2D eigenvalue weighted by molar-refractivity contribution is 7.51. The summed E-state index contributed by atoms with van der Waals surface area (Å²) in [6.07, 6.45) is 5.41. The summed E-state index contributed by atoms with van der Waals surface area (Å²) >= 11 is 0. The normalized spacial score (nSPS) is 19.2. The Balaban J connectivity index is 0.000000554. The van der Waals surface area contributed by atoms with Crippen LogP contribution in [0.25, 0.3) is 5.31 Å². The Bertz CT molecular complexity index is 910. The lowest BCUT2D eigenvalue weighted by Crippen LogP contribution is -2.43. The van der Waals surface area contributed by atoms with Gasteiger partial charge >= 0.3 is 6.18 Å². The number of rotatable bonds is 6. The van der Waals surface area contributed by atoms with E-state index in [1.165, 1.54) is 19.2 Å². The van der Waals surface area contributed by atoms with Crippen LogP contribution >= 0.6 is 8.58 Å². The highest BCUT2D eigenvalue weighted by atomic mass is 31.1. The molecule has 0 radical (unpaired) electrons. The molecule has 1 saturated heterocycles. The number of aromatic hydroxyl groups is 1. The fourth-order valence-electron chi connectivity index (χ4n) is 3.44. The molecule has 0 saturated carbocycles. The highest BCUT2D eigenvalue weighted by Crippen LogP contribution is 2.41. The molecule has 202 valence electrons. The second-order valence-corrected chi connectivity index (χ2v) is 9.77. The minimum absolute atomic E-state index is 0.0273. The van der Waals surface area contributed by atoms with Crippen molar-refractivity contribution in [2.45, 2.75) is 59.9 Å². The summed E-state index contributed by atoms with van der Waals surface area (Å²) in [7, 11) is 0.441. The molecule has 5 nitrogen and oxygen atoms in total. The van der Waals surface area contributed by atoms with E-state index in [1.54, 1.807) is 11.0 Å². The average molecular weight is 528 g/mol. The molecular formula is C27H41F3N3O2P. The number of aryl methyl sites for hydroxylation is 1. The van der Waals surface area contributed by atoms with E-state index in [-0.39, 0.29) is 12.2 Å². The van der Waals surface area contributed by atoms with Gasteiger partial charge in [0, 0.05) is 32.4 Å². The Kier molecular flexibility index (Phi) is 13.9. The number of nitrogens with zero attached hydrogens (tertiary/aromatic N) is 2. The van der Waals surface area contributed by atoms with Gasteiger partial charge in [-0.05, 0) is 54.9 Å². The van der Waals surface area contributed by atoms with Gasteiger partial charge in [-0.25, -0.2) is 0 Å². The lowest BCUT2D eigenvalue weighted by Gasteiger charge is -2.35. The number of carbonyl (C=O) groups is 1. The van der Waals surface area contributed by atoms with Crippen LogP contribution in [0.5, 0.6) is 5.75 Å². The van der Waals surface area contributed by atoms with E-state index >= 15 is 0 Å². The summed E-state index contributed by atoms with van der Waals surface area (Å²) in [5.74, 6) is -0.815. The molecule has 1 aromatic rings. The molecule has 1 amide bonds. The quantitative estimate of drug-likeness (QED) is 0.329. The monoisotopic (exact) mass is 527 g/mol. The molecule has 0 spiro atoms. The summed E-state index contributed by atoms with van der Waals surface area (Å²) in [5, 5.41) is 14.3. The van der Waals surface area contributed by atoms with Crippen LogP contribution in [0, 0.1) is 12.8 Å². The second kappa shape index (κ2) is 15.7. The molecule has 3 unspecified atom stereocenters. The van der Waals surface area contributed by atoms with Crippen LogP contribution in [0.1, 0.15) is 52.2 Å². The van der Waals surface area contributed by atoms with Crippen LogP contribution in [-0.2, 0) is 4.79 Å². The number of carbonyl (C=O) groups excluding carboxylic acids is 1. The molecule has 3 rings (SSSR count). The Morgan fingerprint density at radius 1 is 1.28 bits per heavy atom. The maximum Gasteiger partial charge on any atom is 0.391 e. The molecule has 2 heterocycles. The summed E-state index contributed by atoms with van der Waals surface area (Å²) in [6, 6.07) is 5.66. The Morgan fingerprint density at radius 2 is 1.92 bits per heavy atom. The van der Waals surface area contributed by atoms with Gasteiger partial charge in [-0.3, -0.25) is 4.79 Å². The first-order chi connectivity index (χ1) is 17.1. The van der Waals surface area contributed by atoms with Crippen molar-refractivity contribution in [1.82, 2.24) is 15.1 Å². The number of benzene rings is 1. The number of allylic oxidation sites excluding steroid dienone is 2. The molecule has 0 aliphatic carbocycles. The maximum absolute atomic E-state index is 11.7. The number of alkyl halides is 3. The number of hydrogen-bond acceptors (Lipinski definition) is 4. The topological polar surface area (TPSA) is 55.8 Å². The van der Waals surface area contributed by atoms with Gasteiger partial charge in [0.15, 0.2) is 0 Å². The minimum Gasteiger partial charge on any atom is -0.508 e. The highest BCUT2D eigenvalue weighted by Gasteiger charge is 2.34. The predicted octanol–water partition coefficient (Wildman–Crippen LogP) is 6.46. The lowest BCUT2D eigenvalue weighted by molar-refractivity contribution is -0.170. The SMILES string of the molecule is C/C=C(\PC1C=CC(N2CCNCC2)=CN1C=O)c1ccc(O)c(C)c1.CC.CCC(C)C(F)(F)F. The molecule has 0 aromatic heterocycles. The summed E-state index contributed by atoms with van der Waals surface area (Å²) < 4.78 is 34.3. The summed E-state index contributed by atoms with van der Waals surface area (Å²) in [6.45, 7) is 14.5. The van der Waals surface area contributed by atoms with Crippen molar-refractivity contribution in [3.63, 3.8) is 0 Å². The molecule has 2 N–H and O–H groups in total. The zero-order valence-electron chi connectivity index (χ0n) is 22.2. The van der Waals surface area contributed by atoms with Gasteiger partial charge in [-0.2, -0.15) is 13.2 Å². The molecule has 1 fully saturated rings. The molecule has 3 atom stereocenters. The van der Waals surface area contributed by atoms with E-state index in [9.17, 15) is 23.1 Å². The van der Waals surface area contributed by atoms with E-state index in [1.807, 2.05) is 46.0 Å². The fraction of sp³-hybridized carbons (Fsp3) is 0.519.